The van der Waals surface area contributed by atoms with Gasteiger partial charge in [0.1, 0.15) is 11.5 Å². The topological polar surface area (TPSA) is 61.9 Å². The maximum absolute atomic E-state index is 12.7. The molecule has 0 unspecified atom stereocenters. The molecule has 4 heterocycles. The number of carbonyl (C=O) groups excluding carboxylic acids is 1. The lowest BCUT2D eigenvalue weighted by Crippen LogP contribution is -2.25. The molecule has 0 saturated carbocycles. The molecule has 1 N–H and O–H groups in total. The highest BCUT2D eigenvalue weighted by Crippen LogP contribution is 2.27. The van der Waals surface area contributed by atoms with Gasteiger partial charge in [-0.05, 0) is 17.5 Å². The zero-order chi connectivity index (χ0) is 16.2. The van der Waals surface area contributed by atoms with E-state index in [-0.39, 0.29) is 11.3 Å². The van der Waals surface area contributed by atoms with Crippen molar-refractivity contribution in [3.8, 4) is 0 Å². The molecule has 118 valence electrons. The van der Waals surface area contributed by atoms with Gasteiger partial charge in [-0.25, -0.2) is 9.97 Å². The van der Waals surface area contributed by atoms with E-state index in [1.807, 2.05) is 28.6 Å². The van der Waals surface area contributed by atoms with Gasteiger partial charge in [0.2, 0.25) is 0 Å². The molecule has 0 saturated heterocycles. The van der Waals surface area contributed by atoms with Crippen LogP contribution in [0.5, 0.6) is 0 Å². The fraction of sp³-hybridized carbons (Fsp3) is 0.353. The molecule has 3 aromatic heterocycles. The number of amides is 1. The van der Waals surface area contributed by atoms with Crippen LogP contribution in [0.25, 0.3) is 10.2 Å². The van der Waals surface area contributed by atoms with Crippen LogP contribution in [0.2, 0.25) is 0 Å². The zero-order valence-electron chi connectivity index (χ0n) is 13.4. The van der Waals surface area contributed by atoms with Gasteiger partial charge in [0, 0.05) is 23.7 Å². The lowest BCUT2D eigenvalue weighted by Gasteiger charge is -2.16. The number of aromatic amines is 1. The Bertz CT molecular complexity index is 874. The molecular weight excluding hydrogens is 308 g/mol. The van der Waals surface area contributed by atoms with Crippen molar-refractivity contribution in [2.24, 2.45) is 0 Å². The first-order valence-electron chi connectivity index (χ1n) is 7.62. The van der Waals surface area contributed by atoms with Crippen LogP contribution >= 0.6 is 11.3 Å². The minimum Gasteiger partial charge on any atom is -0.350 e. The average Bonchev–Trinajstić information content (AvgIpc) is 3.17. The third kappa shape index (κ3) is 2.43. The Labute approximate surface area is 138 Å². The van der Waals surface area contributed by atoms with E-state index in [0.717, 1.165) is 27.3 Å². The van der Waals surface area contributed by atoms with Crippen molar-refractivity contribution >= 4 is 27.5 Å². The van der Waals surface area contributed by atoms with E-state index in [2.05, 4.69) is 35.7 Å². The van der Waals surface area contributed by atoms with Gasteiger partial charge in [-0.3, -0.25) is 4.79 Å². The molecule has 1 amide bonds. The molecule has 5 nitrogen and oxygen atoms in total. The molecule has 0 aromatic carbocycles. The van der Waals surface area contributed by atoms with Crippen molar-refractivity contribution in [1.82, 2.24) is 19.9 Å². The van der Waals surface area contributed by atoms with Crippen molar-refractivity contribution in [3.63, 3.8) is 0 Å². The van der Waals surface area contributed by atoms with E-state index in [0.29, 0.717) is 18.8 Å². The van der Waals surface area contributed by atoms with E-state index in [4.69, 9.17) is 0 Å². The molecule has 0 bridgehead atoms. The molecule has 0 fully saturated rings. The number of nitrogens with one attached hydrogen (secondary N) is 1. The number of hydrogen-bond donors (Lipinski definition) is 1. The Morgan fingerprint density at radius 2 is 2.17 bits per heavy atom. The molecule has 0 spiro atoms. The SMILES string of the molecule is CC(C)(C)c1ncc2c(n1)CN(C(=O)c1cc3sccc3[nH]1)C2. The smallest absolute Gasteiger partial charge is 0.270 e. The third-order valence-corrected chi connectivity index (χ3v) is 4.95. The Morgan fingerprint density at radius 3 is 2.91 bits per heavy atom. The van der Waals surface area contributed by atoms with Crippen LogP contribution in [0, 0.1) is 0 Å². The number of carbonyl (C=O) groups is 1. The second-order valence-corrected chi connectivity index (χ2v) is 7.91. The van der Waals surface area contributed by atoms with Crippen molar-refractivity contribution in [2.45, 2.75) is 39.3 Å². The van der Waals surface area contributed by atoms with Gasteiger partial charge in [0.05, 0.1) is 22.5 Å². The summed E-state index contributed by atoms with van der Waals surface area (Å²) in [6, 6.07) is 3.92. The number of thiophene rings is 1. The summed E-state index contributed by atoms with van der Waals surface area (Å²) < 4.78 is 1.11. The van der Waals surface area contributed by atoms with E-state index in [9.17, 15) is 4.79 Å². The predicted molar refractivity (Wildman–Crippen MR) is 90.5 cm³/mol. The summed E-state index contributed by atoms with van der Waals surface area (Å²) in [6.45, 7) is 7.41. The second kappa shape index (κ2) is 4.89. The monoisotopic (exact) mass is 326 g/mol. The summed E-state index contributed by atoms with van der Waals surface area (Å²) in [7, 11) is 0. The molecule has 0 atom stereocenters. The van der Waals surface area contributed by atoms with Crippen LogP contribution in [0.15, 0.2) is 23.7 Å². The Balaban J connectivity index is 1.60. The van der Waals surface area contributed by atoms with E-state index in [1.54, 1.807) is 11.3 Å². The highest BCUT2D eigenvalue weighted by molar-refractivity contribution is 7.17. The fourth-order valence-electron chi connectivity index (χ4n) is 2.79. The summed E-state index contributed by atoms with van der Waals surface area (Å²) in [6.07, 6.45) is 1.86. The first-order chi connectivity index (χ1) is 10.9. The molecule has 1 aliphatic rings. The Kier molecular flexibility index (Phi) is 3.06. The van der Waals surface area contributed by atoms with Crippen LogP contribution in [0.4, 0.5) is 0 Å². The predicted octanol–water partition coefficient (Wildman–Crippen LogP) is 3.47. The van der Waals surface area contributed by atoms with E-state index >= 15 is 0 Å². The minimum atomic E-state index is -0.0870. The van der Waals surface area contributed by atoms with Gasteiger partial charge in [-0.2, -0.15) is 0 Å². The standard InChI is InChI=1S/C17H18N4OS/c1-17(2,3)16-18-7-10-8-21(9-13(10)20-16)15(22)12-6-14-11(19-12)4-5-23-14/h4-7,19H,8-9H2,1-3H3. The Hall–Kier alpha value is -2.21. The van der Waals surface area contributed by atoms with Gasteiger partial charge < -0.3 is 9.88 Å². The average molecular weight is 326 g/mol. The maximum atomic E-state index is 12.7. The zero-order valence-corrected chi connectivity index (χ0v) is 14.2. The number of nitrogens with zero attached hydrogens (tertiary/aromatic N) is 3. The van der Waals surface area contributed by atoms with E-state index < -0.39 is 0 Å². The van der Waals surface area contributed by atoms with Gasteiger partial charge in [0.15, 0.2) is 0 Å². The molecule has 6 heteroatoms. The summed E-state index contributed by atoms with van der Waals surface area (Å²) in [5.74, 6) is 0.842. The maximum Gasteiger partial charge on any atom is 0.270 e. The largest absolute Gasteiger partial charge is 0.350 e. The summed E-state index contributed by atoms with van der Waals surface area (Å²) in [4.78, 5) is 26.9. The van der Waals surface area contributed by atoms with Gasteiger partial charge in [-0.1, -0.05) is 20.8 Å². The first kappa shape index (κ1) is 14.4. The fourth-order valence-corrected chi connectivity index (χ4v) is 3.57. The molecule has 1 aliphatic heterocycles. The van der Waals surface area contributed by atoms with Crippen molar-refractivity contribution < 1.29 is 4.79 Å². The first-order valence-corrected chi connectivity index (χ1v) is 8.50. The lowest BCUT2D eigenvalue weighted by molar-refractivity contribution is 0.0745. The van der Waals surface area contributed by atoms with Crippen molar-refractivity contribution in [1.29, 1.82) is 0 Å². The summed E-state index contributed by atoms with van der Waals surface area (Å²) in [5.41, 5.74) is 3.58. The molecular formula is C17H18N4OS. The number of aromatic nitrogens is 3. The van der Waals surface area contributed by atoms with E-state index in [1.165, 1.54) is 0 Å². The second-order valence-electron chi connectivity index (χ2n) is 6.96. The molecule has 0 aliphatic carbocycles. The molecule has 23 heavy (non-hydrogen) atoms. The Morgan fingerprint density at radius 1 is 1.35 bits per heavy atom. The third-order valence-electron chi connectivity index (χ3n) is 4.08. The number of rotatable bonds is 1. The van der Waals surface area contributed by atoms with Gasteiger partial charge in [-0.15, -0.1) is 11.3 Å². The van der Waals surface area contributed by atoms with Crippen LogP contribution < -0.4 is 0 Å². The molecule has 3 aromatic rings. The molecule has 0 radical (unpaired) electrons. The van der Waals surface area contributed by atoms with Crippen molar-refractivity contribution in [2.75, 3.05) is 0 Å². The number of hydrogen-bond acceptors (Lipinski definition) is 4. The summed E-state index contributed by atoms with van der Waals surface area (Å²) >= 11 is 1.64. The van der Waals surface area contributed by atoms with Gasteiger partial charge in [0.25, 0.3) is 5.91 Å². The normalized spacial score (nSPS) is 14.5. The highest BCUT2D eigenvalue weighted by atomic mass is 32.1. The minimum absolute atomic E-state index is 0.0173. The molecule has 4 rings (SSSR count). The van der Waals surface area contributed by atoms with Crippen LogP contribution in [0.3, 0.4) is 0 Å². The lowest BCUT2D eigenvalue weighted by atomic mass is 9.95. The summed E-state index contributed by atoms with van der Waals surface area (Å²) in [5, 5.41) is 2.02. The highest BCUT2D eigenvalue weighted by Gasteiger charge is 2.28. The number of H-pyrrole nitrogens is 1. The van der Waals surface area contributed by atoms with Gasteiger partial charge >= 0.3 is 0 Å². The quantitative estimate of drug-likeness (QED) is 0.745. The van der Waals surface area contributed by atoms with Crippen LogP contribution in [-0.2, 0) is 18.5 Å². The van der Waals surface area contributed by atoms with Crippen LogP contribution in [0.1, 0.15) is 48.3 Å². The van der Waals surface area contributed by atoms with Crippen LogP contribution in [-0.4, -0.2) is 25.8 Å². The number of fused-ring (bicyclic) bond motifs is 2. The van der Waals surface area contributed by atoms with Crippen molar-refractivity contribution in [3.05, 3.63) is 46.5 Å².